The third-order valence-corrected chi connectivity index (χ3v) is 11.6. The minimum atomic E-state index is -3.24. The number of unbranched alkanes of at least 4 members (excludes halogenated alkanes) is 15. The standard InChI is InChI=1S/C46H74N8O4S/c1-7-10-11-12-13-14-15-16-17-18-19-20-21-22-23-26-33-57-42-27-24-25-28-43(42)58-36-47-35-38(5)45-50-46-44(40(8-2)51-54(46)52-45)49-41-30-29-39(34-37(41)4)53(9-3)32-31-48-59(6,55)56/h8,24-25,27-30,34,38,47-49,51H,2,7,9-23,26,31-33,35-36H2,1,3-6H3. The Morgan fingerprint density at radius 1 is 0.881 bits per heavy atom. The molecule has 0 aliphatic heterocycles. The van der Waals surface area contributed by atoms with Gasteiger partial charge in [-0.15, -0.1) is 5.10 Å². The molecule has 1 atom stereocenters. The number of nitrogens with zero attached hydrogens (tertiary/aromatic N) is 4. The van der Waals surface area contributed by atoms with Crippen LogP contribution in [0.5, 0.6) is 11.5 Å². The highest BCUT2D eigenvalue weighted by Gasteiger charge is 2.19. The van der Waals surface area contributed by atoms with Gasteiger partial charge in [-0.05, 0) is 62.2 Å². The molecule has 2 heterocycles. The Bertz CT molecular complexity index is 1910. The lowest BCUT2D eigenvalue weighted by molar-refractivity contribution is 0.246. The molecule has 0 amide bonds. The van der Waals surface area contributed by atoms with Gasteiger partial charge in [-0.1, -0.05) is 129 Å². The van der Waals surface area contributed by atoms with Crippen LogP contribution in [-0.4, -0.2) is 74.0 Å². The van der Waals surface area contributed by atoms with Gasteiger partial charge in [0.25, 0.3) is 0 Å². The Morgan fingerprint density at radius 2 is 1.49 bits per heavy atom. The fourth-order valence-electron chi connectivity index (χ4n) is 7.31. The second kappa shape index (κ2) is 26.2. The molecule has 0 saturated carbocycles. The van der Waals surface area contributed by atoms with Crippen molar-refractivity contribution in [2.75, 3.05) is 56.0 Å². The molecule has 0 radical (unpaired) electrons. The number of fused-ring (bicyclic) bond motifs is 1. The number of H-pyrrole nitrogens is 1. The summed E-state index contributed by atoms with van der Waals surface area (Å²) < 4.78 is 39.5. The lowest BCUT2D eigenvalue weighted by Crippen LogP contribution is -2.34. The summed E-state index contributed by atoms with van der Waals surface area (Å²) in [6, 6.07) is 14.0. The molecule has 0 fully saturated rings. The number of para-hydroxylation sites is 2. The van der Waals surface area contributed by atoms with Gasteiger partial charge in [0.05, 0.1) is 18.6 Å². The van der Waals surface area contributed by atoms with Crippen LogP contribution in [0.4, 0.5) is 17.1 Å². The number of aromatic amines is 1. The zero-order valence-corrected chi connectivity index (χ0v) is 37.6. The Hall–Kier alpha value is -4.07. The minimum Gasteiger partial charge on any atom is -0.490 e. The van der Waals surface area contributed by atoms with Crippen LogP contribution in [0.15, 0.2) is 49.0 Å². The van der Waals surface area contributed by atoms with Crippen LogP contribution in [0, 0.1) is 6.92 Å². The van der Waals surface area contributed by atoms with E-state index in [1.54, 1.807) is 10.7 Å². The number of hydrogen-bond acceptors (Lipinski definition) is 9. The Balaban J connectivity index is 1.15. The fourth-order valence-corrected chi connectivity index (χ4v) is 7.77. The number of hydrogen-bond donors (Lipinski definition) is 4. The lowest BCUT2D eigenvalue weighted by atomic mass is 10.0. The number of anilines is 3. The van der Waals surface area contributed by atoms with Crippen LogP contribution in [0.25, 0.3) is 11.7 Å². The quantitative estimate of drug-likeness (QED) is 0.0273. The van der Waals surface area contributed by atoms with E-state index in [1.807, 2.05) is 43.3 Å². The normalized spacial score (nSPS) is 12.2. The highest BCUT2D eigenvalue weighted by molar-refractivity contribution is 7.88. The number of aryl methyl sites for hydroxylation is 1. The zero-order valence-electron chi connectivity index (χ0n) is 36.8. The fraction of sp³-hybridized carbons (Fsp3) is 0.609. The predicted octanol–water partition coefficient (Wildman–Crippen LogP) is 10.5. The zero-order chi connectivity index (χ0) is 42.3. The summed E-state index contributed by atoms with van der Waals surface area (Å²) in [5, 5.41) is 15.0. The van der Waals surface area contributed by atoms with Gasteiger partial charge in [-0.25, -0.2) is 18.1 Å². The largest absolute Gasteiger partial charge is 0.490 e. The van der Waals surface area contributed by atoms with Crippen LogP contribution in [0.2, 0.25) is 0 Å². The molecule has 4 rings (SSSR count). The van der Waals surface area contributed by atoms with Crippen LogP contribution in [-0.2, 0) is 10.0 Å². The van der Waals surface area contributed by atoms with Crippen molar-refractivity contribution in [2.45, 2.75) is 136 Å². The van der Waals surface area contributed by atoms with Crippen molar-refractivity contribution in [1.82, 2.24) is 29.9 Å². The molecule has 59 heavy (non-hydrogen) atoms. The monoisotopic (exact) mass is 835 g/mol. The molecule has 1 unspecified atom stereocenters. The first kappa shape index (κ1) is 47.6. The molecule has 13 heteroatoms. The van der Waals surface area contributed by atoms with E-state index in [0.717, 1.165) is 52.8 Å². The number of sulfonamides is 1. The Kier molecular flexibility index (Phi) is 21.1. The second-order valence-electron chi connectivity index (χ2n) is 15.9. The molecule has 0 aliphatic carbocycles. The SMILES string of the molecule is C=Cc1[nH]n2nc(C(C)CNCOc3ccccc3OCCCCCCCCCCCCCCCCCC)nc2c1Nc1ccc(N(CC)CCNS(C)(=O)=O)cc1C. The molecule has 328 valence electrons. The van der Waals surface area contributed by atoms with Crippen molar-refractivity contribution < 1.29 is 17.9 Å². The summed E-state index contributed by atoms with van der Waals surface area (Å²) >= 11 is 0. The molecule has 2 aromatic carbocycles. The summed E-state index contributed by atoms with van der Waals surface area (Å²) in [5.74, 6) is 2.24. The summed E-state index contributed by atoms with van der Waals surface area (Å²) in [7, 11) is -3.24. The van der Waals surface area contributed by atoms with Crippen LogP contribution in [0.3, 0.4) is 0 Å². The van der Waals surface area contributed by atoms with Gasteiger partial charge in [-0.2, -0.15) is 4.63 Å². The van der Waals surface area contributed by atoms with E-state index in [9.17, 15) is 8.42 Å². The molecule has 0 aliphatic rings. The molecule has 0 spiro atoms. The predicted molar refractivity (Wildman–Crippen MR) is 246 cm³/mol. The number of nitrogens with one attached hydrogen (secondary N) is 4. The minimum absolute atomic E-state index is 0.0200. The summed E-state index contributed by atoms with van der Waals surface area (Å²) in [6.07, 6.45) is 24.6. The third kappa shape index (κ3) is 16.8. The molecule has 0 bridgehead atoms. The third-order valence-electron chi connectivity index (χ3n) is 10.8. The Labute approximate surface area is 355 Å². The molecule has 4 N–H and O–H groups in total. The summed E-state index contributed by atoms with van der Waals surface area (Å²) in [6.45, 7) is 15.8. The van der Waals surface area contributed by atoms with Gasteiger partial charge in [0.1, 0.15) is 12.4 Å². The van der Waals surface area contributed by atoms with E-state index >= 15 is 0 Å². The van der Waals surface area contributed by atoms with Gasteiger partial charge in [0, 0.05) is 43.5 Å². The van der Waals surface area contributed by atoms with Crippen LogP contribution in [0.1, 0.15) is 147 Å². The number of ether oxygens (including phenoxy) is 2. The van der Waals surface area contributed by atoms with Gasteiger partial charge in [0.15, 0.2) is 23.0 Å². The van der Waals surface area contributed by atoms with Crippen molar-refractivity contribution >= 4 is 38.8 Å². The number of benzene rings is 2. The highest BCUT2D eigenvalue weighted by Crippen LogP contribution is 2.31. The summed E-state index contributed by atoms with van der Waals surface area (Å²) in [4.78, 5) is 7.05. The molecular formula is C46H74N8O4S. The van der Waals surface area contributed by atoms with Gasteiger partial charge < -0.3 is 19.7 Å². The average molecular weight is 835 g/mol. The van der Waals surface area contributed by atoms with Gasteiger partial charge >= 0.3 is 0 Å². The van der Waals surface area contributed by atoms with Crippen LogP contribution >= 0.6 is 0 Å². The lowest BCUT2D eigenvalue weighted by Gasteiger charge is -2.24. The van der Waals surface area contributed by atoms with E-state index in [0.29, 0.717) is 44.4 Å². The number of rotatable bonds is 33. The molecule has 0 saturated heterocycles. The first-order chi connectivity index (χ1) is 28.6. The van der Waals surface area contributed by atoms with Gasteiger partial charge in [0.2, 0.25) is 10.0 Å². The first-order valence-corrected chi connectivity index (χ1v) is 24.3. The van der Waals surface area contributed by atoms with E-state index in [4.69, 9.17) is 19.6 Å². The topological polar surface area (TPSA) is 138 Å². The van der Waals surface area contributed by atoms with Gasteiger partial charge in [-0.3, -0.25) is 10.4 Å². The Morgan fingerprint density at radius 3 is 2.07 bits per heavy atom. The maximum Gasteiger partial charge on any atom is 0.208 e. The van der Waals surface area contributed by atoms with Crippen molar-refractivity contribution in [3.8, 4) is 11.5 Å². The molecule has 12 nitrogen and oxygen atoms in total. The van der Waals surface area contributed by atoms with Crippen molar-refractivity contribution in [2.24, 2.45) is 0 Å². The maximum absolute atomic E-state index is 11.5. The number of aromatic nitrogens is 4. The van der Waals surface area contributed by atoms with Crippen LogP contribution < -0.4 is 29.7 Å². The first-order valence-electron chi connectivity index (χ1n) is 22.4. The van der Waals surface area contributed by atoms with E-state index in [1.165, 1.54) is 103 Å². The number of likely N-dealkylation sites (N-methyl/N-ethyl adjacent to an activating group) is 1. The molecule has 4 aromatic rings. The maximum atomic E-state index is 11.5. The van der Waals surface area contributed by atoms with Crippen molar-refractivity contribution in [3.05, 3.63) is 66.1 Å². The second-order valence-corrected chi connectivity index (χ2v) is 17.8. The van der Waals surface area contributed by atoms with E-state index in [2.05, 4.69) is 58.8 Å². The van der Waals surface area contributed by atoms with E-state index < -0.39 is 10.0 Å². The smallest absolute Gasteiger partial charge is 0.208 e. The van der Waals surface area contributed by atoms with Crippen molar-refractivity contribution in [3.63, 3.8) is 0 Å². The highest BCUT2D eigenvalue weighted by atomic mass is 32.2. The average Bonchev–Trinajstić information content (AvgIpc) is 3.78. The molecular weight excluding hydrogens is 761 g/mol. The molecule has 2 aromatic heterocycles. The van der Waals surface area contributed by atoms with E-state index in [-0.39, 0.29) is 5.92 Å². The summed E-state index contributed by atoms with van der Waals surface area (Å²) in [5.41, 5.74) is 5.24. The van der Waals surface area contributed by atoms with Crippen molar-refractivity contribution in [1.29, 1.82) is 0 Å².